The van der Waals surface area contributed by atoms with Crippen molar-refractivity contribution in [3.63, 3.8) is 0 Å². The van der Waals surface area contributed by atoms with Crippen molar-refractivity contribution in [2.24, 2.45) is 5.92 Å². The molecule has 1 fully saturated rings. The lowest BCUT2D eigenvalue weighted by atomic mass is 10.1. The number of methoxy groups -OCH3 is 1. The average Bonchev–Trinajstić information content (AvgIpc) is 3.22. The zero-order valence-corrected chi connectivity index (χ0v) is 11.5. The number of carbonyl (C=O) groups excluding carboxylic acids is 1. The molecule has 104 valence electrons. The van der Waals surface area contributed by atoms with E-state index < -0.39 is 5.97 Å². The fourth-order valence-electron chi connectivity index (χ4n) is 2.14. The number of pyridine rings is 1. The fourth-order valence-corrected chi connectivity index (χ4v) is 2.14. The van der Waals surface area contributed by atoms with Gasteiger partial charge in [-0.2, -0.15) is 0 Å². The van der Waals surface area contributed by atoms with E-state index in [1.54, 1.807) is 12.3 Å². The third-order valence-electron chi connectivity index (χ3n) is 3.46. The van der Waals surface area contributed by atoms with Gasteiger partial charge in [-0.15, -0.1) is 0 Å². The van der Waals surface area contributed by atoms with Crippen LogP contribution in [0.4, 0.5) is 11.5 Å². The van der Waals surface area contributed by atoms with E-state index in [1.165, 1.54) is 20.0 Å². The SMILES string of the molecule is CCC(CC1CC1)Nc1ncc(N)cc1C(=O)OC. The number of rotatable bonds is 6. The highest BCUT2D eigenvalue weighted by atomic mass is 16.5. The fraction of sp³-hybridized carbons (Fsp3) is 0.571. The van der Waals surface area contributed by atoms with Crippen LogP contribution in [0.3, 0.4) is 0 Å². The van der Waals surface area contributed by atoms with Crippen LogP contribution in [0.2, 0.25) is 0 Å². The molecule has 0 bridgehead atoms. The minimum absolute atomic E-state index is 0.340. The van der Waals surface area contributed by atoms with E-state index in [9.17, 15) is 4.79 Å². The minimum atomic E-state index is -0.413. The smallest absolute Gasteiger partial charge is 0.341 e. The minimum Gasteiger partial charge on any atom is -0.465 e. The van der Waals surface area contributed by atoms with Crippen LogP contribution < -0.4 is 11.1 Å². The van der Waals surface area contributed by atoms with E-state index in [2.05, 4.69) is 17.2 Å². The molecular formula is C14H21N3O2. The summed E-state index contributed by atoms with van der Waals surface area (Å²) in [5.74, 6) is 0.977. The zero-order valence-electron chi connectivity index (χ0n) is 11.5. The van der Waals surface area contributed by atoms with E-state index in [0.717, 1.165) is 18.8 Å². The van der Waals surface area contributed by atoms with E-state index in [1.807, 2.05) is 0 Å². The summed E-state index contributed by atoms with van der Waals surface area (Å²) in [4.78, 5) is 16.0. The maximum atomic E-state index is 11.7. The lowest BCUT2D eigenvalue weighted by Gasteiger charge is -2.19. The predicted molar refractivity (Wildman–Crippen MR) is 75.0 cm³/mol. The lowest BCUT2D eigenvalue weighted by Crippen LogP contribution is -2.22. The third kappa shape index (κ3) is 3.59. The van der Waals surface area contributed by atoms with Crippen molar-refractivity contribution in [1.82, 2.24) is 4.98 Å². The van der Waals surface area contributed by atoms with Crippen LogP contribution in [0.25, 0.3) is 0 Å². The number of nitrogens with two attached hydrogens (primary N) is 1. The van der Waals surface area contributed by atoms with Gasteiger partial charge in [-0.05, 0) is 24.8 Å². The van der Waals surface area contributed by atoms with Gasteiger partial charge in [-0.1, -0.05) is 19.8 Å². The van der Waals surface area contributed by atoms with E-state index in [0.29, 0.717) is 23.1 Å². The number of ether oxygens (including phenoxy) is 1. The van der Waals surface area contributed by atoms with Crippen molar-refractivity contribution in [3.8, 4) is 0 Å². The van der Waals surface area contributed by atoms with Gasteiger partial charge in [0.05, 0.1) is 19.0 Å². The van der Waals surface area contributed by atoms with Gasteiger partial charge in [0.1, 0.15) is 11.4 Å². The molecule has 0 aliphatic heterocycles. The number of nitrogens with zero attached hydrogens (tertiary/aromatic N) is 1. The van der Waals surface area contributed by atoms with Crippen LogP contribution in [-0.4, -0.2) is 24.1 Å². The van der Waals surface area contributed by atoms with Crippen LogP contribution in [0.15, 0.2) is 12.3 Å². The van der Waals surface area contributed by atoms with E-state index in [-0.39, 0.29) is 0 Å². The Kier molecular flexibility index (Phi) is 4.24. The summed E-state index contributed by atoms with van der Waals surface area (Å²) >= 11 is 0. The molecular weight excluding hydrogens is 242 g/mol. The van der Waals surface area contributed by atoms with Gasteiger partial charge < -0.3 is 15.8 Å². The Balaban J connectivity index is 2.14. The normalized spacial score (nSPS) is 15.9. The second-order valence-electron chi connectivity index (χ2n) is 5.08. The highest BCUT2D eigenvalue weighted by molar-refractivity contribution is 5.95. The molecule has 5 nitrogen and oxygen atoms in total. The molecule has 0 spiro atoms. The van der Waals surface area contributed by atoms with Crippen molar-refractivity contribution in [1.29, 1.82) is 0 Å². The topological polar surface area (TPSA) is 77.2 Å². The maximum Gasteiger partial charge on any atom is 0.341 e. The van der Waals surface area contributed by atoms with Gasteiger partial charge in [0, 0.05) is 6.04 Å². The molecule has 0 radical (unpaired) electrons. The lowest BCUT2D eigenvalue weighted by molar-refractivity contribution is 0.0601. The first kappa shape index (κ1) is 13.6. The molecule has 1 saturated carbocycles. The maximum absolute atomic E-state index is 11.7. The van der Waals surface area contributed by atoms with Gasteiger partial charge in [-0.3, -0.25) is 0 Å². The first-order chi connectivity index (χ1) is 9.13. The standard InChI is InChI=1S/C14H21N3O2/c1-3-11(6-9-4-5-9)17-13-12(14(18)19-2)7-10(15)8-16-13/h7-9,11H,3-6,15H2,1-2H3,(H,16,17). The van der Waals surface area contributed by atoms with Crippen LogP contribution in [-0.2, 0) is 4.74 Å². The second-order valence-corrected chi connectivity index (χ2v) is 5.08. The largest absolute Gasteiger partial charge is 0.465 e. The molecule has 1 heterocycles. The Bertz CT molecular complexity index is 458. The number of esters is 1. The number of nitrogen functional groups attached to an aromatic ring is 1. The zero-order chi connectivity index (χ0) is 13.8. The summed E-state index contributed by atoms with van der Waals surface area (Å²) in [6, 6.07) is 1.94. The number of anilines is 2. The summed E-state index contributed by atoms with van der Waals surface area (Å²) in [7, 11) is 1.36. The Labute approximate surface area is 113 Å². The third-order valence-corrected chi connectivity index (χ3v) is 3.46. The number of nitrogens with one attached hydrogen (secondary N) is 1. The molecule has 1 unspecified atom stereocenters. The summed E-state index contributed by atoms with van der Waals surface area (Å²) in [6.07, 6.45) is 6.32. The molecule has 0 amide bonds. The summed E-state index contributed by atoms with van der Waals surface area (Å²) < 4.78 is 4.77. The van der Waals surface area contributed by atoms with Gasteiger partial charge in [-0.25, -0.2) is 9.78 Å². The highest BCUT2D eigenvalue weighted by Crippen LogP contribution is 2.35. The summed E-state index contributed by atoms with van der Waals surface area (Å²) in [5.41, 5.74) is 6.54. The van der Waals surface area contributed by atoms with Crippen molar-refractivity contribution in [3.05, 3.63) is 17.8 Å². The van der Waals surface area contributed by atoms with Crippen molar-refractivity contribution in [2.45, 2.75) is 38.6 Å². The Morgan fingerprint density at radius 1 is 1.63 bits per heavy atom. The van der Waals surface area contributed by atoms with Crippen molar-refractivity contribution in [2.75, 3.05) is 18.2 Å². The molecule has 3 N–H and O–H groups in total. The molecule has 2 rings (SSSR count). The number of hydrogen-bond acceptors (Lipinski definition) is 5. The van der Waals surface area contributed by atoms with Crippen LogP contribution in [0.1, 0.15) is 43.0 Å². The molecule has 5 heteroatoms. The molecule has 1 aliphatic rings. The van der Waals surface area contributed by atoms with Crippen molar-refractivity contribution >= 4 is 17.5 Å². The summed E-state index contributed by atoms with van der Waals surface area (Å²) in [6.45, 7) is 2.13. The highest BCUT2D eigenvalue weighted by Gasteiger charge is 2.25. The number of hydrogen-bond donors (Lipinski definition) is 2. The Morgan fingerprint density at radius 2 is 2.37 bits per heavy atom. The van der Waals surface area contributed by atoms with Gasteiger partial charge in [0.25, 0.3) is 0 Å². The molecule has 1 aromatic heterocycles. The first-order valence-corrected chi connectivity index (χ1v) is 6.74. The van der Waals surface area contributed by atoms with E-state index >= 15 is 0 Å². The molecule has 0 aromatic carbocycles. The molecule has 1 aromatic rings. The van der Waals surface area contributed by atoms with Crippen LogP contribution in [0.5, 0.6) is 0 Å². The number of aromatic nitrogens is 1. The van der Waals surface area contributed by atoms with Gasteiger partial charge in [0.15, 0.2) is 0 Å². The van der Waals surface area contributed by atoms with Crippen LogP contribution >= 0.6 is 0 Å². The summed E-state index contributed by atoms with van der Waals surface area (Å²) in [5, 5.41) is 3.34. The molecule has 1 atom stereocenters. The van der Waals surface area contributed by atoms with Gasteiger partial charge >= 0.3 is 5.97 Å². The first-order valence-electron chi connectivity index (χ1n) is 6.74. The Hall–Kier alpha value is -1.78. The monoisotopic (exact) mass is 263 g/mol. The van der Waals surface area contributed by atoms with E-state index in [4.69, 9.17) is 10.5 Å². The molecule has 19 heavy (non-hydrogen) atoms. The van der Waals surface area contributed by atoms with Crippen molar-refractivity contribution < 1.29 is 9.53 Å². The van der Waals surface area contributed by atoms with Gasteiger partial charge in [0.2, 0.25) is 0 Å². The Morgan fingerprint density at radius 3 is 2.95 bits per heavy atom. The molecule has 1 aliphatic carbocycles. The average molecular weight is 263 g/mol. The predicted octanol–water partition coefficient (Wildman–Crippen LogP) is 2.44. The molecule has 0 saturated heterocycles. The second kappa shape index (κ2) is 5.91. The van der Waals surface area contributed by atoms with Crippen LogP contribution in [0, 0.1) is 5.92 Å². The quantitative estimate of drug-likeness (QED) is 0.771. The number of carbonyl (C=O) groups is 1.